The van der Waals surface area contributed by atoms with Crippen LogP contribution in [0.1, 0.15) is 30.7 Å². The normalized spacial score (nSPS) is 30.9. The van der Waals surface area contributed by atoms with Gasteiger partial charge in [0.05, 0.1) is 6.61 Å². The maximum Gasteiger partial charge on any atom is 0.220 e. The largest absolute Gasteiger partial charge is 0.493 e. The highest BCUT2D eigenvalue weighted by atomic mass is 16.5. The Balaban J connectivity index is 1.91. The molecule has 1 saturated carbocycles. The second-order valence-corrected chi connectivity index (χ2v) is 5.13. The molecule has 2 N–H and O–H groups in total. The highest BCUT2D eigenvalue weighted by Crippen LogP contribution is 2.46. The van der Waals surface area contributed by atoms with Crippen molar-refractivity contribution in [1.82, 2.24) is 0 Å². The Morgan fingerprint density at radius 3 is 2.94 bits per heavy atom. The number of hydrogen-bond acceptors (Lipinski definition) is 2. The van der Waals surface area contributed by atoms with Crippen LogP contribution in [0.2, 0.25) is 0 Å². The van der Waals surface area contributed by atoms with Crippen LogP contribution in [0.15, 0.2) is 24.3 Å². The van der Waals surface area contributed by atoms with E-state index in [-0.39, 0.29) is 11.8 Å². The van der Waals surface area contributed by atoms with E-state index in [0.717, 1.165) is 31.6 Å². The second-order valence-electron chi connectivity index (χ2n) is 5.13. The van der Waals surface area contributed by atoms with Crippen molar-refractivity contribution in [3.63, 3.8) is 0 Å². The summed E-state index contributed by atoms with van der Waals surface area (Å²) in [5, 5.41) is 0. The summed E-state index contributed by atoms with van der Waals surface area (Å²) >= 11 is 0. The SMILES string of the molecule is NC(=O)C1CCC2COc3ccccc3C2C1. The molecule has 0 bridgehead atoms. The summed E-state index contributed by atoms with van der Waals surface area (Å²) in [4.78, 5) is 11.3. The number of fused-ring (bicyclic) bond motifs is 3. The van der Waals surface area contributed by atoms with Gasteiger partial charge in [0.2, 0.25) is 5.91 Å². The van der Waals surface area contributed by atoms with Crippen molar-refractivity contribution in [2.75, 3.05) is 6.61 Å². The van der Waals surface area contributed by atoms with Crippen molar-refractivity contribution in [2.24, 2.45) is 17.6 Å². The number of nitrogens with two attached hydrogens (primary N) is 1. The van der Waals surface area contributed by atoms with E-state index in [4.69, 9.17) is 10.5 Å². The molecule has 3 nitrogen and oxygen atoms in total. The molecule has 17 heavy (non-hydrogen) atoms. The zero-order valence-corrected chi connectivity index (χ0v) is 9.76. The number of hydrogen-bond donors (Lipinski definition) is 1. The molecule has 1 aliphatic heterocycles. The lowest BCUT2D eigenvalue weighted by atomic mass is 9.70. The molecule has 2 aliphatic rings. The lowest BCUT2D eigenvalue weighted by molar-refractivity contribution is -0.123. The number of carbonyl (C=O) groups excluding carboxylic acids is 1. The van der Waals surface area contributed by atoms with E-state index in [0.29, 0.717) is 11.8 Å². The zero-order chi connectivity index (χ0) is 11.8. The fourth-order valence-corrected chi connectivity index (χ4v) is 3.19. The summed E-state index contributed by atoms with van der Waals surface area (Å²) < 4.78 is 5.77. The molecule has 0 aromatic heterocycles. The molecule has 90 valence electrons. The van der Waals surface area contributed by atoms with Crippen LogP contribution in [0.4, 0.5) is 0 Å². The Bertz CT molecular complexity index is 444. The van der Waals surface area contributed by atoms with Gasteiger partial charge in [-0.25, -0.2) is 0 Å². The third-order valence-corrected chi connectivity index (χ3v) is 4.17. The summed E-state index contributed by atoms with van der Waals surface area (Å²) in [5.74, 6) is 1.89. The highest BCUT2D eigenvalue weighted by molar-refractivity contribution is 5.76. The van der Waals surface area contributed by atoms with Crippen LogP contribution in [0.25, 0.3) is 0 Å². The average Bonchev–Trinajstić information content (AvgIpc) is 2.38. The minimum atomic E-state index is -0.146. The summed E-state index contributed by atoms with van der Waals surface area (Å²) in [5.41, 5.74) is 6.70. The first-order valence-electron chi connectivity index (χ1n) is 6.26. The monoisotopic (exact) mass is 231 g/mol. The fraction of sp³-hybridized carbons (Fsp3) is 0.500. The fourth-order valence-electron chi connectivity index (χ4n) is 3.19. The third kappa shape index (κ3) is 1.79. The van der Waals surface area contributed by atoms with Gasteiger partial charge in [-0.3, -0.25) is 4.79 Å². The van der Waals surface area contributed by atoms with Crippen LogP contribution in [0.5, 0.6) is 5.75 Å². The smallest absolute Gasteiger partial charge is 0.220 e. The van der Waals surface area contributed by atoms with Gasteiger partial charge >= 0.3 is 0 Å². The number of carbonyl (C=O) groups is 1. The van der Waals surface area contributed by atoms with Crippen LogP contribution in [0.3, 0.4) is 0 Å². The summed E-state index contributed by atoms with van der Waals surface area (Å²) in [6.45, 7) is 0.785. The molecule has 3 unspecified atom stereocenters. The molecule has 1 fully saturated rings. The van der Waals surface area contributed by atoms with Crippen molar-refractivity contribution in [2.45, 2.75) is 25.2 Å². The lowest BCUT2D eigenvalue weighted by Gasteiger charge is -2.39. The Labute approximate surface area is 101 Å². The van der Waals surface area contributed by atoms with Crippen LogP contribution in [0, 0.1) is 11.8 Å². The van der Waals surface area contributed by atoms with Crippen LogP contribution in [-0.2, 0) is 4.79 Å². The maximum atomic E-state index is 11.3. The summed E-state index contributed by atoms with van der Waals surface area (Å²) in [6, 6.07) is 8.17. The molecule has 1 aromatic carbocycles. The van der Waals surface area contributed by atoms with Crippen LogP contribution < -0.4 is 10.5 Å². The Morgan fingerprint density at radius 1 is 1.29 bits per heavy atom. The molecular weight excluding hydrogens is 214 g/mol. The number of rotatable bonds is 1. The van der Waals surface area contributed by atoms with Gasteiger partial charge in [-0.15, -0.1) is 0 Å². The van der Waals surface area contributed by atoms with E-state index in [2.05, 4.69) is 6.07 Å². The van der Waals surface area contributed by atoms with Crippen molar-refractivity contribution < 1.29 is 9.53 Å². The maximum absolute atomic E-state index is 11.3. The van der Waals surface area contributed by atoms with Crippen molar-refractivity contribution in [3.05, 3.63) is 29.8 Å². The van der Waals surface area contributed by atoms with Gasteiger partial charge in [-0.05, 0) is 36.8 Å². The Morgan fingerprint density at radius 2 is 2.12 bits per heavy atom. The quantitative estimate of drug-likeness (QED) is 0.804. The average molecular weight is 231 g/mol. The van der Waals surface area contributed by atoms with Crippen molar-refractivity contribution in [1.29, 1.82) is 0 Å². The number of benzene rings is 1. The minimum absolute atomic E-state index is 0.0439. The molecule has 1 aliphatic carbocycles. The van der Waals surface area contributed by atoms with E-state index < -0.39 is 0 Å². The van der Waals surface area contributed by atoms with E-state index in [9.17, 15) is 4.79 Å². The highest BCUT2D eigenvalue weighted by Gasteiger charge is 2.37. The van der Waals surface area contributed by atoms with E-state index in [1.165, 1.54) is 5.56 Å². The number of para-hydroxylation sites is 1. The first-order chi connectivity index (χ1) is 8.25. The van der Waals surface area contributed by atoms with Crippen molar-refractivity contribution >= 4 is 5.91 Å². The first-order valence-corrected chi connectivity index (χ1v) is 6.26. The molecule has 0 radical (unpaired) electrons. The predicted molar refractivity (Wildman–Crippen MR) is 64.7 cm³/mol. The summed E-state index contributed by atoms with van der Waals surface area (Å²) in [6.07, 6.45) is 2.86. The second kappa shape index (κ2) is 4.06. The topological polar surface area (TPSA) is 52.3 Å². The third-order valence-electron chi connectivity index (χ3n) is 4.17. The van der Waals surface area contributed by atoms with Gasteiger partial charge in [-0.1, -0.05) is 18.2 Å². The van der Waals surface area contributed by atoms with Gasteiger partial charge in [-0.2, -0.15) is 0 Å². The number of primary amides is 1. The Hall–Kier alpha value is -1.51. The molecule has 3 rings (SSSR count). The molecule has 1 aromatic rings. The van der Waals surface area contributed by atoms with E-state index in [1.807, 2.05) is 18.2 Å². The predicted octanol–water partition coefficient (Wildman–Crippen LogP) is 2.06. The molecule has 3 atom stereocenters. The Kier molecular flexibility index (Phi) is 2.54. The molecule has 3 heteroatoms. The van der Waals surface area contributed by atoms with Gasteiger partial charge < -0.3 is 10.5 Å². The van der Waals surface area contributed by atoms with Gasteiger partial charge in [0, 0.05) is 11.8 Å². The van der Waals surface area contributed by atoms with Crippen LogP contribution in [-0.4, -0.2) is 12.5 Å². The number of ether oxygens (including phenoxy) is 1. The van der Waals surface area contributed by atoms with Crippen LogP contribution >= 0.6 is 0 Å². The standard InChI is InChI=1S/C14H17NO2/c15-14(16)9-5-6-10-8-17-13-4-2-1-3-11(13)12(10)7-9/h1-4,9-10,12H,5-8H2,(H2,15,16). The summed E-state index contributed by atoms with van der Waals surface area (Å²) in [7, 11) is 0. The zero-order valence-electron chi connectivity index (χ0n) is 9.76. The first kappa shape index (κ1) is 10.6. The van der Waals surface area contributed by atoms with E-state index >= 15 is 0 Å². The van der Waals surface area contributed by atoms with Crippen molar-refractivity contribution in [3.8, 4) is 5.75 Å². The lowest BCUT2D eigenvalue weighted by Crippen LogP contribution is -2.36. The molecule has 0 saturated heterocycles. The van der Waals surface area contributed by atoms with E-state index in [1.54, 1.807) is 0 Å². The van der Waals surface area contributed by atoms with Gasteiger partial charge in [0.1, 0.15) is 5.75 Å². The number of amides is 1. The molecule has 1 amide bonds. The van der Waals surface area contributed by atoms with Gasteiger partial charge in [0.15, 0.2) is 0 Å². The molecular formula is C14H17NO2. The van der Waals surface area contributed by atoms with Gasteiger partial charge in [0.25, 0.3) is 0 Å². The minimum Gasteiger partial charge on any atom is -0.493 e. The molecule has 1 heterocycles. The molecule has 0 spiro atoms.